The van der Waals surface area contributed by atoms with Crippen molar-refractivity contribution >= 4 is 11.8 Å². The Bertz CT molecular complexity index is 366. The van der Waals surface area contributed by atoms with Crippen LogP contribution in [0.1, 0.15) is 25.3 Å². The predicted octanol–water partition coefficient (Wildman–Crippen LogP) is 2.79. The second kappa shape index (κ2) is 4.58. The Kier molecular flexibility index (Phi) is 3.43. The average molecular weight is 191 g/mol. The SMILES string of the molecule is COc1ccc(C(C)C)cc1N=C=O. The normalized spacial score (nSPS) is 9.71. The van der Waals surface area contributed by atoms with E-state index in [-0.39, 0.29) is 0 Å². The van der Waals surface area contributed by atoms with Crippen LogP contribution in [0.2, 0.25) is 0 Å². The zero-order chi connectivity index (χ0) is 10.6. The monoisotopic (exact) mass is 191 g/mol. The summed E-state index contributed by atoms with van der Waals surface area (Å²) in [5.41, 5.74) is 1.66. The highest BCUT2D eigenvalue weighted by Gasteiger charge is 2.05. The molecule has 1 aromatic carbocycles. The number of aliphatic imine (C=N–C) groups is 1. The molecule has 0 radical (unpaired) electrons. The summed E-state index contributed by atoms with van der Waals surface area (Å²) in [6.07, 6.45) is 1.52. The summed E-state index contributed by atoms with van der Waals surface area (Å²) in [6, 6.07) is 5.62. The summed E-state index contributed by atoms with van der Waals surface area (Å²) in [4.78, 5) is 13.8. The third kappa shape index (κ3) is 2.21. The first-order valence-electron chi connectivity index (χ1n) is 4.45. The number of hydrogen-bond donors (Lipinski definition) is 0. The lowest BCUT2D eigenvalue weighted by Crippen LogP contribution is -1.89. The van der Waals surface area contributed by atoms with Crippen molar-refractivity contribution in [3.05, 3.63) is 23.8 Å². The standard InChI is InChI=1S/C11H13NO2/c1-8(2)9-4-5-11(14-3)10(6-9)12-7-13/h4-6,8H,1-3H3. The maximum Gasteiger partial charge on any atom is 0.240 e. The van der Waals surface area contributed by atoms with E-state index < -0.39 is 0 Å². The van der Waals surface area contributed by atoms with Gasteiger partial charge in [-0.05, 0) is 23.6 Å². The highest BCUT2D eigenvalue weighted by Crippen LogP contribution is 2.30. The smallest absolute Gasteiger partial charge is 0.240 e. The lowest BCUT2D eigenvalue weighted by Gasteiger charge is -2.08. The molecule has 0 amide bonds. The van der Waals surface area contributed by atoms with Crippen LogP contribution in [0.15, 0.2) is 23.2 Å². The molecule has 0 spiro atoms. The minimum Gasteiger partial charge on any atom is -0.494 e. The number of carbonyl (C=O) groups excluding carboxylic acids is 1. The topological polar surface area (TPSA) is 38.7 Å². The Hall–Kier alpha value is -1.60. The molecule has 0 aromatic heterocycles. The zero-order valence-corrected chi connectivity index (χ0v) is 8.57. The van der Waals surface area contributed by atoms with E-state index in [0.717, 1.165) is 5.56 Å². The summed E-state index contributed by atoms with van der Waals surface area (Å²) >= 11 is 0. The zero-order valence-electron chi connectivity index (χ0n) is 8.57. The second-order valence-corrected chi connectivity index (χ2v) is 3.29. The predicted molar refractivity (Wildman–Crippen MR) is 54.9 cm³/mol. The third-order valence-electron chi connectivity index (χ3n) is 2.04. The van der Waals surface area contributed by atoms with E-state index in [2.05, 4.69) is 18.8 Å². The molecule has 1 aromatic rings. The Morgan fingerprint density at radius 2 is 2.14 bits per heavy atom. The molecule has 0 aliphatic carbocycles. The maximum absolute atomic E-state index is 10.2. The number of ether oxygens (including phenoxy) is 1. The average Bonchev–Trinajstić information content (AvgIpc) is 2.18. The van der Waals surface area contributed by atoms with Crippen LogP contribution in [0, 0.1) is 0 Å². The van der Waals surface area contributed by atoms with Crippen LogP contribution in [0.4, 0.5) is 5.69 Å². The van der Waals surface area contributed by atoms with E-state index in [1.54, 1.807) is 7.11 Å². The van der Waals surface area contributed by atoms with Gasteiger partial charge >= 0.3 is 0 Å². The first-order valence-corrected chi connectivity index (χ1v) is 4.45. The van der Waals surface area contributed by atoms with Gasteiger partial charge in [-0.3, -0.25) is 0 Å². The van der Waals surface area contributed by atoms with Crippen molar-refractivity contribution in [2.45, 2.75) is 19.8 Å². The molecule has 0 unspecified atom stereocenters. The van der Waals surface area contributed by atoms with Crippen molar-refractivity contribution in [1.29, 1.82) is 0 Å². The highest BCUT2D eigenvalue weighted by molar-refractivity contribution is 5.59. The number of hydrogen-bond acceptors (Lipinski definition) is 3. The molecule has 0 saturated carbocycles. The van der Waals surface area contributed by atoms with Gasteiger partial charge in [0.15, 0.2) is 0 Å². The van der Waals surface area contributed by atoms with Gasteiger partial charge in [-0.2, -0.15) is 4.99 Å². The lowest BCUT2D eigenvalue weighted by molar-refractivity contribution is 0.416. The molecule has 0 heterocycles. The molecule has 0 aliphatic rings. The molecule has 0 fully saturated rings. The summed E-state index contributed by atoms with van der Waals surface area (Å²) in [7, 11) is 1.55. The van der Waals surface area contributed by atoms with Crippen molar-refractivity contribution in [1.82, 2.24) is 0 Å². The van der Waals surface area contributed by atoms with Gasteiger partial charge in [-0.1, -0.05) is 19.9 Å². The first-order chi connectivity index (χ1) is 6.69. The van der Waals surface area contributed by atoms with Gasteiger partial charge in [0.05, 0.1) is 7.11 Å². The quantitative estimate of drug-likeness (QED) is 0.544. The van der Waals surface area contributed by atoms with Crippen LogP contribution in [0.3, 0.4) is 0 Å². The Morgan fingerprint density at radius 1 is 1.43 bits per heavy atom. The molecule has 1 rings (SSSR count). The van der Waals surface area contributed by atoms with Crippen LogP contribution in [-0.2, 0) is 4.79 Å². The van der Waals surface area contributed by atoms with E-state index in [0.29, 0.717) is 17.4 Å². The van der Waals surface area contributed by atoms with Gasteiger partial charge in [0, 0.05) is 0 Å². The molecule has 3 heteroatoms. The number of nitrogens with zero attached hydrogens (tertiary/aromatic N) is 1. The van der Waals surface area contributed by atoms with E-state index in [9.17, 15) is 4.79 Å². The van der Waals surface area contributed by atoms with Crippen LogP contribution < -0.4 is 4.74 Å². The molecule has 0 N–H and O–H groups in total. The highest BCUT2D eigenvalue weighted by atomic mass is 16.5. The van der Waals surface area contributed by atoms with Gasteiger partial charge in [0.25, 0.3) is 0 Å². The maximum atomic E-state index is 10.2. The molecule has 3 nitrogen and oxygen atoms in total. The van der Waals surface area contributed by atoms with E-state index in [4.69, 9.17) is 4.74 Å². The fraction of sp³-hybridized carbons (Fsp3) is 0.364. The molecule has 0 atom stereocenters. The van der Waals surface area contributed by atoms with Crippen molar-refractivity contribution in [2.75, 3.05) is 7.11 Å². The fourth-order valence-corrected chi connectivity index (χ4v) is 1.20. The first kappa shape index (κ1) is 10.5. The number of benzene rings is 1. The van der Waals surface area contributed by atoms with Gasteiger partial charge in [-0.25, -0.2) is 4.79 Å². The van der Waals surface area contributed by atoms with Gasteiger partial charge in [0.2, 0.25) is 6.08 Å². The van der Waals surface area contributed by atoms with Crippen molar-refractivity contribution in [3.8, 4) is 5.75 Å². The summed E-state index contributed by atoms with van der Waals surface area (Å²) in [6.45, 7) is 4.16. The lowest BCUT2D eigenvalue weighted by atomic mass is 10.0. The van der Waals surface area contributed by atoms with Crippen LogP contribution in [0.5, 0.6) is 5.75 Å². The summed E-state index contributed by atoms with van der Waals surface area (Å²) in [5, 5.41) is 0. The number of methoxy groups -OCH3 is 1. The molecule has 74 valence electrons. The largest absolute Gasteiger partial charge is 0.494 e. The van der Waals surface area contributed by atoms with Gasteiger partial charge in [0.1, 0.15) is 11.4 Å². The molecule has 0 aliphatic heterocycles. The minimum absolute atomic E-state index is 0.404. The van der Waals surface area contributed by atoms with E-state index >= 15 is 0 Å². The number of isocyanates is 1. The summed E-state index contributed by atoms with van der Waals surface area (Å²) < 4.78 is 5.06. The molecular weight excluding hydrogens is 178 g/mol. The minimum atomic E-state index is 0.404. The molecular formula is C11H13NO2. The molecule has 0 saturated heterocycles. The Balaban J connectivity index is 3.20. The molecule has 0 bridgehead atoms. The van der Waals surface area contributed by atoms with Crippen LogP contribution in [-0.4, -0.2) is 13.2 Å². The molecule has 14 heavy (non-hydrogen) atoms. The van der Waals surface area contributed by atoms with Crippen molar-refractivity contribution in [3.63, 3.8) is 0 Å². The Morgan fingerprint density at radius 3 is 2.64 bits per heavy atom. The number of rotatable bonds is 3. The Labute approximate surface area is 83.4 Å². The second-order valence-electron chi connectivity index (χ2n) is 3.29. The van der Waals surface area contributed by atoms with Crippen molar-refractivity contribution < 1.29 is 9.53 Å². The van der Waals surface area contributed by atoms with Crippen LogP contribution >= 0.6 is 0 Å². The third-order valence-corrected chi connectivity index (χ3v) is 2.04. The van der Waals surface area contributed by atoms with E-state index in [1.807, 2.05) is 18.2 Å². The van der Waals surface area contributed by atoms with Gasteiger partial charge < -0.3 is 4.74 Å². The fourth-order valence-electron chi connectivity index (χ4n) is 1.20. The van der Waals surface area contributed by atoms with Crippen LogP contribution in [0.25, 0.3) is 0 Å². The van der Waals surface area contributed by atoms with Crippen molar-refractivity contribution in [2.24, 2.45) is 4.99 Å². The summed E-state index contributed by atoms with van der Waals surface area (Å²) in [5.74, 6) is 0.999. The van der Waals surface area contributed by atoms with Gasteiger partial charge in [-0.15, -0.1) is 0 Å². The van der Waals surface area contributed by atoms with E-state index in [1.165, 1.54) is 6.08 Å².